The quantitative estimate of drug-likeness (QED) is 0.714. The van der Waals surface area contributed by atoms with Gasteiger partial charge < -0.3 is 9.80 Å². The zero-order valence-electron chi connectivity index (χ0n) is 14.2. The van der Waals surface area contributed by atoms with Gasteiger partial charge >= 0.3 is 0 Å². The van der Waals surface area contributed by atoms with Crippen LogP contribution in [0.15, 0.2) is 0 Å². The van der Waals surface area contributed by atoms with Gasteiger partial charge in [0.15, 0.2) is 0 Å². The highest BCUT2D eigenvalue weighted by Crippen LogP contribution is 2.22. The first kappa shape index (κ1) is 17.5. The SMILES string of the molecule is CC(C)CCC(=O)N(C)CCC1CCN(C(C)C)CC1. The summed E-state index contributed by atoms with van der Waals surface area (Å²) in [6.07, 6.45) is 5.49. The Hall–Kier alpha value is -0.570. The van der Waals surface area contributed by atoms with Crippen LogP contribution in [0.1, 0.15) is 59.8 Å². The van der Waals surface area contributed by atoms with E-state index in [1.807, 2.05) is 11.9 Å². The van der Waals surface area contributed by atoms with Crippen molar-refractivity contribution in [1.29, 1.82) is 0 Å². The predicted octanol–water partition coefficient (Wildman–Crippen LogP) is 3.39. The number of amides is 1. The third-order valence-electron chi connectivity index (χ3n) is 4.61. The normalized spacial score (nSPS) is 17.9. The van der Waals surface area contributed by atoms with Crippen LogP contribution in [0.25, 0.3) is 0 Å². The summed E-state index contributed by atoms with van der Waals surface area (Å²) in [6, 6.07) is 0.677. The van der Waals surface area contributed by atoms with E-state index in [1.165, 1.54) is 32.4 Å². The van der Waals surface area contributed by atoms with Gasteiger partial charge in [0.2, 0.25) is 5.91 Å². The first-order chi connectivity index (χ1) is 9.40. The molecule has 0 spiro atoms. The molecule has 3 heteroatoms. The molecule has 0 N–H and O–H groups in total. The van der Waals surface area contributed by atoms with Crippen molar-refractivity contribution in [3.63, 3.8) is 0 Å². The van der Waals surface area contributed by atoms with E-state index in [2.05, 4.69) is 32.6 Å². The van der Waals surface area contributed by atoms with Crippen molar-refractivity contribution >= 4 is 5.91 Å². The van der Waals surface area contributed by atoms with Crippen LogP contribution in [0.4, 0.5) is 0 Å². The number of hydrogen-bond donors (Lipinski definition) is 0. The molecular formula is C17H34N2O. The second kappa shape index (κ2) is 8.66. The molecule has 0 saturated carbocycles. The van der Waals surface area contributed by atoms with Crippen LogP contribution in [0.5, 0.6) is 0 Å². The maximum atomic E-state index is 12.0. The summed E-state index contributed by atoms with van der Waals surface area (Å²) in [7, 11) is 1.96. The number of likely N-dealkylation sites (tertiary alicyclic amines) is 1. The summed E-state index contributed by atoms with van der Waals surface area (Å²) in [5.41, 5.74) is 0. The molecular weight excluding hydrogens is 248 g/mol. The Morgan fingerprint density at radius 3 is 2.30 bits per heavy atom. The molecule has 3 nitrogen and oxygen atoms in total. The summed E-state index contributed by atoms with van der Waals surface area (Å²) < 4.78 is 0. The highest BCUT2D eigenvalue weighted by molar-refractivity contribution is 5.75. The number of carbonyl (C=O) groups excluding carboxylic acids is 1. The molecule has 1 aliphatic rings. The molecule has 0 radical (unpaired) electrons. The van der Waals surface area contributed by atoms with Crippen LogP contribution in [0, 0.1) is 11.8 Å². The second-order valence-corrected chi connectivity index (χ2v) is 7.11. The Morgan fingerprint density at radius 1 is 1.20 bits per heavy atom. The van der Waals surface area contributed by atoms with Crippen LogP contribution in [-0.2, 0) is 4.79 Å². The molecule has 0 atom stereocenters. The predicted molar refractivity (Wildman–Crippen MR) is 85.8 cm³/mol. The van der Waals surface area contributed by atoms with Gasteiger partial charge in [-0.3, -0.25) is 4.79 Å². The second-order valence-electron chi connectivity index (χ2n) is 7.11. The number of piperidine rings is 1. The van der Waals surface area contributed by atoms with Crippen molar-refractivity contribution < 1.29 is 4.79 Å². The lowest BCUT2D eigenvalue weighted by atomic mass is 9.92. The highest BCUT2D eigenvalue weighted by atomic mass is 16.2. The Kier molecular flexibility index (Phi) is 7.57. The molecule has 0 aromatic heterocycles. The molecule has 1 amide bonds. The third kappa shape index (κ3) is 6.25. The number of rotatable bonds is 7. The Labute approximate surface area is 125 Å². The van der Waals surface area contributed by atoms with Crippen LogP contribution < -0.4 is 0 Å². The topological polar surface area (TPSA) is 23.6 Å². The lowest BCUT2D eigenvalue weighted by Crippen LogP contribution is -2.39. The van der Waals surface area contributed by atoms with Gasteiger partial charge in [-0.1, -0.05) is 13.8 Å². The molecule has 0 bridgehead atoms. The first-order valence-electron chi connectivity index (χ1n) is 8.38. The average molecular weight is 282 g/mol. The highest BCUT2D eigenvalue weighted by Gasteiger charge is 2.21. The van der Waals surface area contributed by atoms with Gasteiger partial charge in [0.1, 0.15) is 0 Å². The number of carbonyl (C=O) groups is 1. The summed E-state index contributed by atoms with van der Waals surface area (Å²) in [5, 5.41) is 0. The minimum Gasteiger partial charge on any atom is -0.346 e. The summed E-state index contributed by atoms with van der Waals surface area (Å²) in [5.74, 6) is 1.75. The van der Waals surface area contributed by atoms with Gasteiger partial charge in [0.05, 0.1) is 0 Å². The maximum Gasteiger partial charge on any atom is 0.222 e. The zero-order valence-corrected chi connectivity index (χ0v) is 14.2. The van der Waals surface area contributed by atoms with Gasteiger partial charge in [-0.25, -0.2) is 0 Å². The van der Waals surface area contributed by atoms with Gasteiger partial charge in [0, 0.05) is 26.1 Å². The summed E-state index contributed by atoms with van der Waals surface area (Å²) in [6.45, 7) is 12.3. The maximum absolute atomic E-state index is 12.0. The molecule has 1 saturated heterocycles. The van der Waals surface area contributed by atoms with Crippen LogP contribution in [-0.4, -0.2) is 48.4 Å². The van der Waals surface area contributed by atoms with Gasteiger partial charge in [-0.15, -0.1) is 0 Å². The van der Waals surface area contributed by atoms with E-state index in [-0.39, 0.29) is 0 Å². The largest absolute Gasteiger partial charge is 0.346 e. The zero-order chi connectivity index (χ0) is 15.1. The van der Waals surface area contributed by atoms with Crippen LogP contribution in [0.3, 0.4) is 0 Å². The van der Waals surface area contributed by atoms with E-state index in [0.717, 1.165) is 18.9 Å². The Morgan fingerprint density at radius 2 is 1.80 bits per heavy atom. The van der Waals surface area contributed by atoms with E-state index < -0.39 is 0 Å². The van der Waals surface area contributed by atoms with Crippen molar-refractivity contribution in [3.8, 4) is 0 Å². The molecule has 1 rings (SSSR count). The fourth-order valence-electron chi connectivity index (χ4n) is 2.86. The lowest BCUT2D eigenvalue weighted by molar-refractivity contribution is -0.130. The van der Waals surface area contributed by atoms with Crippen molar-refractivity contribution in [2.24, 2.45) is 11.8 Å². The van der Waals surface area contributed by atoms with Crippen molar-refractivity contribution in [3.05, 3.63) is 0 Å². The molecule has 1 heterocycles. The van der Waals surface area contributed by atoms with E-state index in [1.54, 1.807) is 0 Å². The van der Waals surface area contributed by atoms with Crippen LogP contribution >= 0.6 is 0 Å². The molecule has 0 unspecified atom stereocenters. The standard InChI is InChI=1S/C17H34N2O/c1-14(2)6-7-17(20)18(5)11-8-16-9-12-19(13-10-16)15(3)4/h14-16H,6-13H2,1-5H3. The molecule has 0 aliphatic carbocycles. The van der Waals surface area contributed by atoms with Crippen molar-refractivity contribution in [2.75, 3.05) is 26.7 Å². The molecule has 20 heavy (non-hydrogen) atoms. The molecule has 118 valence electrons. The molecule has 1 aliphatic heterocycles. The van der Waals surface area contributed by atoms with E-state index in [4.69, 9.17) is 0 Å². The van der Waals surface area contributed by atoms with Gasteiger partial charge in [-0.2, -0.15) is 0 Å². The lowest BCUT2D eigenvalue weighted by Gasteiger charge is -2.35. The monoisotopic (exact) mass is 282 g/mol. The van der Waals surface area contributed by atoms with Gasteiger partial charge in [-0.05, 0) is 64.5 Å². The average Bonchev–Trinajstić information content (AvgIpc) is 2.42. The van der Waals surface area contributed by atoms with Crippen molar-refractivity contribution in [2.45, 2.75) is 65.8 Å². The Bertz CT molecular complexity index is 281. The molecule has 1 fully saturated rings. The van der Waals surface area contributed by atoms with Crippen molar-refractivity contribution in [1.82, 2.24) is 9.80 Å². The third-order valence-corrected chi connectivity index (χ3v) is 4.61. The summed E-state index contributed by atoms with van der Waals surface area (Å²) in [4.78, 5) is 16.5. The number of nitrogens with zero attached hydrogens (tertiary/aromatic N) is 2. The fourth-order valence-corrected chi connectivity index (χ4v) is 2.86. The minimum absolute atomic E-state index is 0.318. The van der Waals surface area contributed by atoms with Gasteiger partial charge in [0.25, 0.3) is 0 Å². The van der Waals surface area contributed by atoms with E-state index in [9.17, 15) is 4.79 Å². The minimum atomic E-state index is 0.318. The van der Waals surface area contributed by atoms with Crippen LogP contribution in [0.2, 0.25) is 0 Å². The molecule has 0 aromatic rings. The van der Waals surface area contributed by atoms with E-state index >= 15 is 0 Å². The fraction of sp³-hybridized carbons (Fsp3) is 0.941. The van der Waals surface area contributed by atoms with E-state index in [0.29, 0.717) is 24.3 Å². The number of hydrogen-bond acceptors (Lipinski definition) is 2. The Balaban J connectivity index is 2.18. The first-order valence-corrected chi connectivity index (χ1v) is 8.38. The molecule has 0 aromatic carbocycles. The summed E-state index contributed by atoms with van der Waals surface area (Å²) >= 11 is 0. The smallest absolute Gasteiger partial charge is 0.222 e.